The van der Waals surface area contributed by atoms with Crippen molar-refractivity contribution in [3.05, 3.63) is 58.6 Å². The van der Waals surface area contributed by atoms with Crippen LogP contribution < -0.4 is 5.32 Å². The number of likely N-dealkylation sites (N-methyl/N-ethyl adjacent to an activating group) is 1. The first-order valence-corrected chi connectivity index (χ1v) is 9.18. The molecule has 1 amide bonds. The number of nitrogens with one attached hydrogen (secondary N) is 1. The fraction of sp³-hybridized carbons (Fsp3) is 0.222. The molecule has 0 atom stereocenters. The molecule has 2 aromatic carbocycles. The smallest absolute Gasteiger partial charge is 0.238 e. The molecule has 0 fully saturated rings. The van der Waals surface area contributed by atoms with Gasteiger partial charge in [0.25, 0.3) is 0 Å². The van der Waals surface area contributed by atoms with Gasteiger partial charge in [-0.3, -0.25) is 9.69 Å². The van der Waals surface area contributed by atoms with E-state index in [4.69, 9.17) is 5.26 Å². The van der Waals surface area contributed by atoms with Crippen LogP contribution in [0.1, 0.15) is 5.56 Å². The van der Waals surface area contributed by atoms with Crippen molar-refractivity contribution < 1.29 is 4.79 Å². The molecular formula is C18H18BrN3OS. The zero-order chi connectivity index (χ0) is 17.4. The highest BCUT2D eigenvalue weighted by Crippen LogP contribution is 2.26. The van der Waals surface area contributed by atoms with Gasteiger partial charge < -0.3 is 5.32 Å². The molecule has 6 heteroatoms. The minimum atomic E-state index is -0.0745. The summed E-state index contributed by atoms with van der Waals surface area (Å²) in [7, 11) is 1.91. The van der Waals surface area contributed by atoms with Crippen molar-refractivity contribution in [2.75, 3.05) is 24.7 Å². The number of hydrogen-bond acceptors (Lipinski definition) is 4. The van der Waals surface area contributed by atoms with Gasteiger partial charge in [0.05, 0.1) is 24.1 Å². The summed E-state index contributed by atoms with van der Waals surface area (Å²) < 4.78 is 1.04. The Morgan fingerprint density at radius 3 is 2.71 bits per heavy atom. The molecule has 0 aliphatic carbocycles. The van der Waals surface area contributed by atoms with E-state index in [1.54, 1.807) is 0 Å². The van der Waals surface area contributed by atoms with E-state index in [2.05, 4.69) is 27.3 Å². The lowest BCUT2D eigenvalue weighted by molar-refractivity contribution is -0.117. The summed E-state index contributed by atoms with van der Waals surface area (Å²) in [6.07, 6.45) is 0. The summed E-state index contributed by atoms with van der Waals surface area (Å²) in [5, 5.41) is 11.6. The molecule has 0 aromatic heterocycles. The summed E-state index contributed by atoms with van der Waals surface area (Å²) >= 11 is 4.94. The molecule has 1 N–H and O–H groups in total. The second kappa shape index (κ2) is 9.48. The molecule has 4 nitrogen and oxygen atoms in total. The fourth-order valence-electron chi connectivity index (χ4n) is 2.21. The van der Waals surface area contributed by atoms with E-state index >= 15 is 0 Å². The molecule has 2 aromatic rings. The number of rotatable bonds is 7. The monoisotopic (exact) mass is 403 g/mol. The Balaban J connectivity index is 1.94. The van der Waals surface area contributed by atoms with Gasteiger partial charge in [0.2, 0.25) is 5.91 Å². The Hall–Kier alpha value is -1.81. The number of nitriles is 1. The maximum atomic E-state index is 12.3. The van der Waals surface area contributed by atoms with Crippen molar-refractivity contribution >= 4 is 39.3 Å². The van der Waals surface area contributed by atoms with Crippen molar-refractivity contribution in [1.29, 1.82) is 5.26 Å². The van der Waals surface area contributed by atoms with Gasteiger partial charge in [0, 0.05) is 15.9 Å². The summed E-state index contributed by atoms with van der Waals surface area (Å²) in [6, 6.07) is 17.6. The van der Waals surface area contributed by atoms with Crippen LogP contribution in [-0.2, 0) is 11.3 Å². The first-order chi connectivity index (χ1) is 11.6. The Bertz CT molecular complexity index is 745. The third-order valence-electron chi connectivity index (χ3n) is 3.26. The molecule has 2 rings (SSSR count). The van der Waals surface area contributed by atoms with Gasteiger partial charge >= 0.3 is 0 Å². The highest BCUT2D eigenvalue weighted by Gasteiger charge is 2.11. The van der Waals surface area contributed by atoms with Crippen LogP contribution in [0.15, 0.2) is 57.9 Å². The van der Waals surface area contributed by atoms with Gasteiger partial charge in [-0.15, -0.1) is 11.8 Å². The second-order valence-electron chi connectivity index (χ2n) is 5.25. The average Bonchev–Trinajstić information content (AvgIpc) is 2.56. The first-order valence-electron chi connectivity index (χ1n) is 7.40. The normalized spacial score (nSPS) is 10.4. The van der Waals surface area contributed by atoms with Gasteiger partial charge in [-0.2, -0.15) is 5.26 Å². The molecule has 0 aliphatic rings. The third kappa shape index (κ3) is 5.68. The molecule has 24 heavy (non-hydrogen) atoms. The van der Waals surface area contributed by atoms with Crippen LogP contribution in [-0.4, -0.2) is 30.2 Å². The number of benzene rings is 2. The van der Waals surface area contributed by atoms with Crippen molar-refractivity contribution in [2.24, 2.45) is 0 Å². The fourth-order valence-corrected chi connectivity index (χ4v) is 3.29. The zero-order valence-electron chi connectivity index (χ0n) is 13.3. The van der Waals surface area contributed by atoms with Crippen LogP contribution in [0.5, 0.6) is 0 Å². The minimum absolute atomic E-state index is 0.0745. The summed E-state index contributed by atoms with van der Waals surface area (Å²) in [5.74, 6) is 0.281. The van der Waals surface area contributed by atoms with E-state index in [1.165, 1.54) is 11.8 Å². The summed E-state index contributed by atoms with van der Waals surface area (Å²) in [5.41, 5.74) is 1.88. The second-order valence-corrected chi connectivity index (χ2v) is 7.13. The molecule has 0 radical (unpaired) electrons. The lowest BCUT2D eigenvalue weighted by Gasteiger charge is -2.18. The topological polar surface area (TPSA) is 56.1 Å². The van der Waals surface area contributed by atoms with E-state index in [0.717, 1.165) is 20.6 Å². The van der Waals surface area contributed by atoms with E-state index in [0.29, 0.717) is 18.8 Å². The van der Waals surface area contributed by atoms with E-state index in [1.807, 2.05) is 60.5 Å². The molecule has 0 bridgehead atoms. The molecule has 0 aliphatic heterocycles. The molecule has 0 saturated carbocycles. The van der Waals surface area contributed by atoms with E-state index in [9.17, 15) is 4.79 Å². The van der Waals surface area contributed by atoms with Crippen molar-refractivity contribution in [2.45, 2.75) is 11.4 Å². The van der Waals surface area contributed by atoms with Crippen LogP contribution >= 0.6 is 27.7 Å². The van der Waals surface area contributed by atoms with Crippen LogP contribution in [0.4, 0.5) is 5.69 Å². The standard InChI is InChI=1S/C18H18BrN3OS/c1-22(12-14-6-2-3-7-15(14)19)13-18(23)21-16-8-4-5-9-17(16)24-11-10-20/h2-9H,11-13H2,1H3,(H,21,23). The van der Waals surface area contributed by atoms with Gasteiger partial charge in [-0.25, -0.2) is 0 Å². The van der Waals surface area contributed by atoms with Crippen molar-refractivity contribution in [1.82, 2.24) is 4.90 Å². The van der Waals surface area contributed by atoms with Gasteiger partial charge in [-0.1, -0.05) is 46.3 Å². The first kappa shape index (κ1) is 18.5. The highest BCUT2D eigenvalue weighted by atomic mass is 79.9. The molecule has 0 unspecified atom stereocenters. The Morgan fingerprint density at radius 1 is 1.25 bits per heavy atom. The lowest BCUT2D eigenvalue weighted by Crippen LogP contribution is -2.30. The predicted molar refractivity (Wildman–Crippen MR) is 102 cm³/mol. The Morgan fingerprint density at radius 2 is 1.96 bits per heavy atom. The average molecular weight is 404 g/mol. The number of halogens is 1. The number of hydrogen-bond donors (Lipinski definition) is 1. The molecule has 124 valence electrons. The lowest BCUT2D eigenvalue weighted by atomic mass is 10.2. The molecule has 0 spiro atoms. The number of nitrogens with zero attached hydrogens (tertiary/aromatic N) is 2. The molecule has 0 heterocycles. The van der Waals surface area contributed by atoms with Crippen molar-refractivity contribution in [3.8, 4) is 6.07 Å². The quantitative estimate of drug-likeness (QED) is 0.705. The summed E-state index contributed by atoms with van der Waals surface area (Å²) in [6.45, 7) is 0.970. The maximum absolute atomic E-state index is 12.3. The van der Waals surface area contributed by atoms with Crippen molar-refractivity contribution in [3.63, 3.8) is 0 Å². The van der Waals surface area contributed by atoms with Crippen LogP contribution in [0.25, 0.3) is 0 Å². The number of anilines is 1. The maximum Gasteiger partial charge on any atom is 0.238 e. The number of para-hydroxylation sites is 1. The minimum Gasteiger partial charge on any atom is -0.324 e. The Kier molecular flexibility index (Phi) is 7.32. The zero-order valence-corrected chi connectivity index (χ0v) is 15.7. The highest BCUT2D eigenvalue weighted by molar-refractivity contribution is 9.10. The van der Waals surface area contributed by atoms with Gasteiger partial charge in [0.15, 0.2) is 0 Å². The van der Waals surface area contributed by atoms with Crippen LogP contribution in [0.3, 0.4) is 0 Å². The number of amides is 1. The number of thioether (sulfide) groups is 1. The van der Waals surface area contributed by atoms with Gasteiger partial charge in [-0.05, 0) is 30.8 Å². The molecule has 0 saturated heterocycles. The van der Waals surface area contributed by atoms with E-state index in [-0.39, 0.29) is 5.91 Å². The van der Waals surface area contributed by atoms with Crippen LogP contribution in [0, 0.1) is 11.3 Å². The number of carbonyl (C=O) groups excluding carboxylic acids is 1. The molecular weight excluding hydrogens is 386 g/mol. The van der Waals surface area contributed by atoms with Crippen LogP contribution in [0.2, 0.25) is 0 Å². The predicted octanol–water partition coefficient (Wildman–Crippen LogP) is 4.14. The van der Waals surface area contributed by atoms with E-state index < -0.39 is 0 Å². The number of carbonyl (C=O) groups is 1. The third-order valence-corrected chi connectivity index (χ3v) is 4.98. The van der Waals surface area contributed by atoms with Gasteiger partial charge in [0.1, 0.15) is 0 Å². The Labute approximate surface area is 155 Å². The largest absolute Gasteiger partial charge is 0.324 e. The SMILES string of the molecule is CN(CC(=O)Nc1ccccc1SCC#N)Cc1ccccc1Br. The summed E-state index contributed by atoms with van der Waals surface area (Å²) in [4.78, 5) is 15.1.